The lowest BCUT2D eigenvalue weighted by molar-refractivity contribution is 0.201. The summed E-state index contributed by atoms with van der Waals surface area (Å²) in [5, 5.41) is 0. The van der Waals surface area contributed by atoms with Gasteiger partial charge in [0.15, 0.2) is 0 Å². The summed E-state index contributed by atoms with van der Waals surface area (Å²) in [5.74, 6) is 0. The van der Waals surface area contributed by atoms with Crippen LogP contribution in [0.1, 0.15) is 23.6 Å². The van der Waals surface area contributed by atoms with Crippen LogP contribution < -0.4 is 0 Å². The number of nitrogens with zero attached hydrogens (tertiary/aromatic N) is 2. The van der Waals surface area contributed by atoms with Crippen molar-refractivity contribution in [2.24, 2.45) is 0 Å². The minimum absolute atomic E-state index is 0.478. The fraction of sp³-hybridized carbons (Fsp3) is 0.529. The summed E-state index contributed by atoms with van der Waals surface area (Å²) in [6.45, 7) is 15.1. The molecule has 5 heteroatoms. The first-order valence-corrected chi connectivity index (χ1v) is 9.10. The van der Waals surface area contributed by atoms with Gasteiger partial charge in [-0.25, -0.2) is 8.42 Å². The third-order valence-electron chi connectivity index (χ3n) is 4.03. The lowest BCUT2D eigenvalue weighted by atomic mass is 10.1. The molecule has 1 aliphatic heterocycles. The minimum Gasteiger partial charge on any atom is -0.297 e. The van der Waals surface area contributed by atoms with E-state index in [1.54, 1.807) is 4.31 Å². The van der Waals surface area contributed by atoms with Crippen LogP contribution in [0.25, 0.3) is 0 Å². The molecule has 1 aromatic rings. The molecule has 0 radical (unpaired) electrons. The average molecular weight is 322 g/mol. The van der Waals surface area contributed by atoms with Crippen molar-refractivity contribution in [1.29, 1.82) is 0 Å². The van der Waals surface area contributed by atoms with Gasteiger partial charge in [0.05, 0.1) is 4.90 Å². The summed E-state index contributed by atoms with van der Waals surface area (Å²) >= 11 is 0. The maximum atomic E-state index is 13.0. The van der Waals surface area contributed by atoms with Gasteiger partial charge in [-0.2, -0.15) is 4.31 Å². The molecule has 0 spiro atoms. The van der Waals surface area contributed by atoms with Gasteiger partial charge in [-0.3, -0.25) is 4.90 Å². The van der Waals surface area contributed by atoms with Crippen molar-refractivity contribution >= 4 is 10.0 Å². The third kappa shape index (κ3) is 3.59. The van der Waals surface area contributed by atoms with Crippen LogP contribution in [0.2, 0.25) is 0 Å². The summed E-state index contributed by atoms with van der Waals surface area (Å²) in [6, 6.07) is 3.88. The van der Waals surface area contributed by atoms with Crippen LogP contribution in [0.3, 0.4) is 0 Å². The molecule has 4 nitrogen and oxygen atoms in total. The molecule has 0 atom stereocenters. The van der Waals surface area contributed by atoms with E-state index >= 15 is 0 Å². The molecule has 1 aliphatic rings. The normalized spacial score (nSPS) is 17.6. The van der Waals surface area contributed by atoms with Crippen LogP contribution >= 0.6 is 0 Å². The van der Waals surface area contributed by atoms with Crippen LogP contribution in [0.4, 0.5) is 0 Å². The first-order chi connectivity index (χ1) is 10.2. The van der Waals surface area contributed by atoms with E-state index in [9.17, 15) is 8.42 Å². The zero-order valence-corrected chi connectivity index (χ0v) is 14.8. The summed E-state index contributed by atoms with van der Waals surface area (Å²) in [7, 11) is -3.41. The molecule has 1 fully saturated rings. The molecular weight excluding hydrogens is 296 g/mol. The first-order valence-electron chi connectivity index (χ1n) is 7.66. The van der Waals surface area contributed by atoms with E-state index < -0.39 is 10.0 Å². The zero-order chi connectivity index (χ0) is 16.5. The highest BCUT2D eigenvalue weighted by molar-refractivity contribution is 7.89. The van der Waals surface area contributed by atoms with Gasteiger partial charge >= 0.3 is 0 Å². The van der Waals surface area contributed by atoms with E-state index in [2.05, 4.69) is 11.5 Å². The molecule has 0 N–H and O–H groups in total. The van der Waals surface area contributed by atoms with E-state index in [-0.39, 0.29) is 0 Å². The van der Waals surface area contributed by atoms with Gasteiger partial charge in [0.2, 0.25) is 10.0 Å². The number of sulfonamides is 1. The Morgan fingerprint density at radius 1 is 1.09 bits per heavy atom. The molecule has 0 unspecified atom stereocenters. The van der Waals surface area contributed by atoms with Gasteiger partial charge in [-0.05, 0) is 38.8 Å². The largest absolute Gasteiger partial charge is 0.297 e. The Bertz CT molecular complexity index is 649. The quantitative estimate of drug-likeness (QED) is 0.800. The predicted octanol–water partition coefficient (Wildman–Crippen LogP) is 2.49. The SMILES string of the molecule is C=C(C)CN1CCN(S(=O)(=O)c2c(C)cc(C)cc2C)CC1. The average Bonchev–Trinajstić information content (AvgIpc) is 2.36. The van der Waals surface area contributed by atoms with E-state index in [1.807, 2.05) is 39.8 Å². The number of hydrogen-bond donors (Lipinski definition) is 0. The number of hydrogen-bond acceptors (Lipinski definition) is 3. The second kappa shape index (κ2) is 6.52. The van der Waals surface area contributed by atoms with E-state index in [0.717, 1.165) is 41.9 Å². The number of piperazine rings is 1. The Morgan fingerprint density at radius 2 is 1.59 bits per heavy atom. The topological polar surface area (TPSA) is 40.6 Å². The second-order valence-corrected chi connectivity index (χ2v) is 8.24. The molecule has 1 heterocycles. The maximum Gasteiger partial charge on any atom is 0.243 e. The lowest BCUT2D eigenvalue weighted by Crippen LogP contribution is -2.49. The van der Waals surface area contributed by atoms with Crippen LogP contribution in [0, 0.1) is 20.8 Å². The first kappa shape index (κ1) is 17.2. The number of rotatable bonds is 4. The molecule has 122 valence electrons. The van der Waals surface area contributed by atoms with Gasteiger partial charge in [0.1, 0.15) is 0 Å². The number of benzene rings is 1. The molecule has 0 bridgehead atoms. The summed E-state index contributed by atoms with van der Waals surface area (Å²) < 4.78 is 27.5. The molecule has 1 saturated heterocycles. The third-order valence-corrected chi connectivity index (χ3v) is 6.23. The summed E-state index contributed by atoms with van der Waals surface area (Å²) in [5.41, 5.74) is 3.88. The summed E-state index contributed by atoms with van der Waals surface area (Å²) in [4.78, 5) is 2.73. The van der Waals surface area contributed by atoms with Crippen LogP contribution in [-0.4, -0.2) is 50.3 Å². The Hall–Kier alpha value is -1.17. The fourth-order valence-corrected chi connectivity index (χ4v) is 5.05. The maximum absolute atomic E-state index is 13.0. The zero-order valence-electron chi connectivity index (χ0n) is 14.0. The Kier molecular flexibility index (Phi) is 5.10. The lowest BCUT2D eigenvalue weighted by Gasteiger charge is -2.34. The van der Waals surface area contributed by atoms with Gasteiger partial charge in [-0.15, -0.1) is 0 Å². The molecule has 1 aromatic carbocycles. The highest BCUT2D eigenvalue weighted by atomic mass is 32.2. The van der Waals surface area contributed by atoms with Crippen molar-refractivity contribution < 1.29 is 8.42 Å². The predicted molar refractivity (Wildman–Crippen MR) is 90.7 cm³/mol. The Morgan fingerprint density at radius 3 is 2.05 bits per heavy atom. The van der Waals surface area contributed by atoms with Crippen molar-refractivity contribution in [1.82, 2.24) is 9.21 Å². The second-order valence-electron chi connectivity index (χ2n) is 6.37. The van der Waals surface area contributed by atoms with E-state index in [4.69, 9.17) is 0 Å². The fourth-order valence-electron chi connectivity index (χ4n) is 3.21. The molecular formula is C17H26N2O2S. The van der Waals surface area contributed by atoms with Gasteiger partial charge in [0.25, 0.3) is 0 Å². The van der Waals surface area contributed by atoms with Crippen LogP contribution in [0.15, 0.2) is 29.2 Å². The van der Waals surface area contributed by atoms with Gasteiger partial charge < -0.3 is 0 Å². The molecule has 0 saturated carbocycles. The Labute approximate surface area is 134 Å². The van der Waals surface area contributed by atoms with Crippen LogP contribution in [-0.2, 0) is 10.0 Å². The monoisotopic (exact) mass is 322 g/mol. The van der Waals surface area contributed by atoms with E-state index in [0.29, 0.717) is 18.0 Å². The summed E-state index contributed by atoms with van der Waals surface area (Å²) in [6.07, 6.45) is 0. The molecule has 0 aliphatic carbocycles. The molecule has 0 aromatic heterocycles. The molecule has 2 rings (SSSR count). The van der Waals surface area contributed by atoms with Crippen LogP contribution in [0.5, 0.6) is 0 Å². The molecule has 0 amide bonds. The van der Waals surface area contributed by atoms with Crippen molar-refractivity contribution in [3.8, 4) is 0 Å². The van der Waals surface area contributed by atoms with Crippen molar-refractivity contribution in [3.05, 3.63) is 41.0 Å². The Balaban J connectivity index is 2.21. The van der Waals surface area contributed by atoms with Crippen molar-refractivity contribution in [2.75, 3.05) is 32.7 Å². The van der Waals surface area contributed by atoms with Gasteiger partial charge in [0, 0.05) is 32.7 Å². The van der Waals surface area contributed by atoms with Crippen molar-refractivity contribution in [3.63, 3.8) is 0 Å². The standard InChI is InChI=1S/C17H26N2O2S/c1-13(2)12-18-6-8-19(9-7-18)22(20,21)17-15(4)10-14(3)11-16(17)5/h10-11H,1,6-9,12H2,2-5H3. The number of aryl methyl sites for hydroxylation is 3. The van der Waals surface area contributed by atoms with E-state index in [1.165, 1.54) is 0 Å². The highest BCUT2D eigenvalue weighted by Gasteiger charge is 2.30. The minimum atomic E-state index is -3.41. The van der Waals surface area contributed by atoms with Crippen molar-refractivity contribution in [2.45, 2.75) is 32.6 Å². The van der Waals surface area contributed by atoms with Gasteiger partial charge in [-0.1, -0.05) is 29.8 Å². The smallest absolute Gasteiger partial charge is 0.243 e. The highest BCUT2D eigenvalue weighted by Crippen LogP contribution is 2.26. The molecule has 22 heavy (non-hydrogen) atoms.